The van der Waals surface area contributed by atoms with Crippen LogP contribution in [0, 0.1) is 5.92 Å². The van der Waals surface area contributed by atoms with Crippen LogP contribution < -0.4 is 15.5 Å². The van der Waals surface area contributed by atoms with Crippen LogP contribution in [0.3, 0.4) is 0 Å². The van der Waals surface area contributed by atoms with E-state index in [0.29, 0.717) is 6.54 Å². The second kappa shape index (κ2) is 12.7. The van der Waals surface area contributed by atoms with Gasteiger partial charge in [-0.15, -0.1) is 24.0 Å². The van der Waals surface area contributed by atoms with Gasteiger partial charge in [0.2, 0.25) is 0 Å². The largest absolute Gasteiger partial charge is 0.372 e. The second-order valence-electron chi connectivity index (χ2n) is 6.45. The molecule has 142 valence electrons. The number of hydrogen-bond donors (Lipinski definition) is 2. The minimum Gasteiger partial charge on any atom is -0.372 e. The summed E-state index contributed by atoms with van der Waals surface area (Å²) in [5.41, 5.74) is 2.60. The van der Waals surface area contributed by atoms with Crippen molar-refractivity contribution in [1.29, 1.82) is 0 Å². The Morgan fingerprint density at radius 3 is 2.48 bits per heavy atom. The number of rotatable bonds is 7. The van der Waals surface area contributed by atoms with Crippen LogP contribution in [0.5, 0.6) is 0 Å². The van der Waals surface area contributed by atoms with Crippen molar-refractivity contribution in [3.8, 4) is 0 Å². The first-order valence-corrected chi connectivity index (χ1v) is 10.5. The van der Waals surface area contributed by atoms with Crippen molar-refractivity contribution in [2.24, 2.45) is 10.9 Å². The third-order valence-electron chi connectivity index (χ3n) is 4.45. The zero-order valence-electron chi connectivity index (χ0n) is 15.8. The summed E-state index contributed by atoms with van der Waals surface area (Å²) in [6, 6.07) is 8.91. The number of benzene rings is 1. The normalized spacial score (nSPS) is 15.6. The predicted molar refractivity (Wildman–Crippen MR) is 124 cm³/mol. The number of nitrogens with one attached hydrogen (secondary N) is 2. The standard InChI is InChI=1S/C19H32N4S.HI/c1-4-20-19(21-11-14-24-3)22-15-17-5-7-18(8-6-17)23-12-9-16(2)10-13-23;/h5-8,16H,4,9-15H2,1-3H3,(H2,20,21,22);1H. The van der Waals surface area contributed by atoms with E-state index in [1.54, 1.807) is 0 Å². The Morgan fingerprint density at radius 1 is 1.20 bits per heavy atom. The summed E-state index contributed by atoms with van der Waals surface area (Å²) in [7, 11) is 0. The first-order chi connectivity index (χ1) is 11.7. The lowest BCUT2D eigenvalue weighted by Gasteiger charge is -2.32. The Labute approximate surface area is 174 Å². The molecule has 0 amide bonds. The van der Waals surface area contributed by atoms with Crippen LogP contribution >= 0.6 is 35.7 Å². The van der Waals surface area contributed by atoms with Crippen LogP contribution in [0.2, 0.25) is 0 Å². The average molecular weight is 476 g/mol. The zero-order chi connectivity index (χ0) is 17.2. The molecule has 6 heteroatoms. The molecule has 1 fully saturated rings. The van der Waals surface area contributed by atoms with Crippen molar-refractivity contribution in [1.82, 2.24) is 10.6 Å². The number of hydrogen-bond acceptors (Lipinski definition) is 3. The van der Waals surface area contributed by atoms with E-state index in [-0.39, 0.29) is 24.0 Å². The summed E-state index contributed by atoms with van der Waals surface area (Å²) in [5, 5.41) is 6.67. The maximum absolute atomic E-state index is 4.68. The first kappa shape index (κ1) is 22.4. The maximum atomic E-state index is 4.68. The quantitative estimate of drug-likeness (QED) is 0.271. The molecule has 1 aromatic carbocycles. The van der Waals surface area contributed by atoms with Gasteiger partial charge in [-0.05, 0) is 49.6 Å². The molecule has 1 saturated heterocycles. The Morgan fingerprint density at radius 2 is 1.88 bits per heavy atom. The molecule has 1 aliphatic heterocycles. The molecule has 4 nitrogen and oxygen atoms in total. The Balaban J connectivity index is 0.00000312. The highest BCUT2D eigenvalue weighted by Crippen LogP contribution is 2.23. The highest BCUT2D eigenvalue weighted by molar-refractivity contribution is 14.0. The first-order valence-electron chi connectivity index (χ1n) is 9.08. The molecule has 0 unspecified atom stereocenters. The molecule has 1 aliphatic rings. The van der Waals surface area contributed by atoms with E-state index < -0.39 is 0 Å². The molecule has 25 heavy (non-hydrogen) atoms. The molecule has 0 radical (unpaired) electrons. The van der Waals surface area contributed by atoms with Gasteiger partial charge in [-0.1, -0.05) is 19.1 Å². The average Bonchev–Trinajstić information content (AvgIpc) is 2.61. The summed E-state index contributed by atoms with van der Waals surface area (Å²) in [6.07, 6.45) is 4.73. The lowest BCUT2D eigenvalue weighted by atomic mass is 9.99. The van der Waals surface area contributed by atoms with Crippen LogP contribution in [0.15, 0.2) is 29.3 Å². The molecule has 1 heterocycles. The van der Waals surface area contributed by atoms with E-state index >= 15 is 0 Å². The SMILES string of the molecule is CCNC(=NCc1ccc(N2CCC(C)CC2)cc1)NCCSC.I. The van der Waals surface area contributed by atoms with E-state index in [0.717, 1.165) is 30.7 Å². The highest BCUT2D eigenvalue weighted by atomic mass is 127. The van der Waals surface area contributed by atoms with E-state index in [9.17, 15) is 0 Å². The van der Waals surface area contributed by atoms with Gasteiger partial charge < -0.3 is 15.5 Å². The van der Waals surface area contributed by atoms with Crippen molar-refractivity contribution < 1.29 is 0 Å². The molecule has 1 aromatic rings. The van der Waals surface area contributed by atoms with E-state index in [4.69, 9.17) is 0 Å². The number of piperidine rings is 1. The van der Waals surface area contributed by atoms with Gasteiger partial charge in [0.05, 0.1) is 6.54 Å². The van der Waals surface area contributed by atoms with Crippen molar-refractivity contribution in [2.75, 3.05) is 43.1 Å². The zero-order valence-corrected chi connectivity index (χ0v) is 18.9. The summed E-state index contributed by atoms with van der Waals surface area (Å²) in [4.78, 5) is 7.18. The monoisotopic (exact) mass is 476 g/mol. The van der Waals surface area contributed by atoms with Gasteiger partial charge in [-0.25, -0.2) is 4.99 Å². The van der Waals surface area contributed by atoms with Crippen LogP contribution in [0.4, 0.5) is 5.69 Å². The van der Waals surface area contributed by atoms with E-state index in [1.807, 2.05) is 11.8 Å². The topological polar surface area (TPSA) is 39.7 Å². The smallest absolute Gasteiger partial charge is 0.191 e. The van der Waals surface area contributed by atoms with E-state index in [2.05, 4.69) is 64.9 Å². The lowest BCUT2D eigenvalue weighted by Crippen LogP contribution is -2.38. The fourth-order valence-electron chi connectivity index (χ4n) is 2.86. The minimum atomic E-state index is 0. The molecular weight excluding hydrogens is 443 g/mol. The van der Waals surface area contributed by atoms with Crippen LogP contribution in [-0.2, 0) is 6.54 Å². The lowest BCUT2D eigenvalue weighted by molar-refractivity contribution is 0.438. The number of nitrogens with zero attached hydrogens (tertiary/aromatic N) is 2. The molecular formula is C19H33IN4S. The van der Waals surface area contributed by atoms with Gasteiger partial charge in [-0.2, -0.15) is 11.8 Å². The molecule has 2 rings (SSSR count). The highest BCUT2D eigenvalue weighted by Gasteiger charge is 2.15. The van der Waals surface area contributed by atoms with Gasteiger partial charge in [-0.3, -0.25) is 0 Å². The summed E-state index contributed by atoms with van der Waals surface area (Å²) >= 11 is 1.84. The van der Waals surface area contributed by atoms with Crippen LogP contribution in [0.1, 0.15) is 32.3 Å². The number of guanidine groups is 1. The molecule has 0 bridgehead atoms. The molecule has 2 N–H and O–H groups in total. The molecule has 0 atom stereocenters. The van der Waals surface area contributed by atoms with Crippen molar-refractivity contribution in [3.63, 3.8) is 0 Å². The number of halogens is 1. The fourth-order valence-corrected chi connectivity index (χ4v) is 3.17. The Bertz CT molecular complexity index is 499. The van der Waals surface area contributed by atoms with Gasteiger partial charge in [0.15, 0.2) is 5.96 Å². The van der Waals surface area contributed by atoms with Crippen molar-refractivity contribution in [2.45, 2.75) is 33.2 Å². The van der Waals surface area contributed by atoms with Gasteiger partial charge >= 0.3 is 0 Å². The van der Waals surface area contributed by atoms with Crippen LogP contribution in [0.25, 0.3) is 0 Å². The Hall–Kier alpha value is -0.630. The van der Waals surface area contributed by atoms with Gasteiger partial charge in [0.25, 0.3) is 0 Å². The number of aliphatic imine (C=N–C) groups is 1. The maximum Gasteiger partial charge on any atom is 0.191 e. The number of thioether (sulfide) groups is 1. The molecule has 0 spiro atoms. The second-order valence-corrected chi connectivity index (χ2v) is 7.44. The number of anilines is 1. The summed E-state index contributed by atoms with van der Waals surface area (Å²) in [5.74, 6) is 2.87. The summed E-state index contributed by atoms with van der Waals surface area (Å²) in [6.45, 7) is 9.36. The Kier molecular flexibility index (Phi) is 11.4. The molecule has 0 aromatic heterocycles. The summed E-state index contributed by atoms with van der Waals surface area (Å²) < 4.78 is 0. The van der Waals surface area contributed by atoms with Gasteiger partial charge in [0.1, 0.15) is 0 Å². The van der Waals surface area contributed by atoms with Gasteiger partial charge in [0, 0.05) is 37.6 Å². The van der Waals surface area contributed by atoms with Crippen molar-refractivity contribution >= 4 is 47.4 Å². The van der Waals surface area contributed by atoms with E-state index in [1.165, 1.54) is 37.2 Å². The predicted octanol–water partition coefficient (Wildman–Crippen LogP) is 3.96. The fraction of sp³-hybridized carbons (Fsp3) is 0.632. The minimum absolute atomic E-state index is 0. The van der Waals surface area contributed by atoms with Crippen LogP contribution in [-0.4, -0.2) is 44.1 Å². The third-order valence-corrected chi connectivity index (χ3v) is 5.06. The molecule has 0 saturated carbocycles. The molecule has 0 aliphatic carbocycles. The third kappa shape index (κ3) is 8.07. The van der Waals surface area contributed by atoms with Crippen molar-refractivity contribution in [3.05, 3.63) is 29.8 Å².